The lowest BCUT2D eigenvalue weighted by atomic mass is 10.1. The van der Waals surface area contributed by atoms with E-state index in [0.717, 1.165) is 16.3 Å². The average Bonchev–Trinajstić information content (AvgIpc) is 2.35. The molecule has 0 radical (unpaired) electrons. The maximum absolute atomic E-state index is 6.14. The molecule has 2 aromatic carbocycles. The van der Waals surface area contributed by atoms with E-state index in [1.165, 1.54) is 0 Å². The fourth-order valence-electron chi connectivity index (χ4n) is 1.71. The van der Waals surface area contributed by atoms with Crippen LogP contribution in [-0.4, -0.2) is 0 Å². The highest BCUT2D eigenvalue weighted by Crippen LogP contribution is 2.32. The molecule has 0 saturated heterocycles. The molecule has 1 N–H and O–H groups in total. The van der Waals surface area contributed by atoms with Crippen LogP contribution in [0.2, 0.25) is 15.1 Å². The van der Waals surface area contributed by atoms with Crippen LogP contribution in [0, 0.1) is 0 Å². The van der Waals surface area contributed by atoms with Crippen molar-refractivity contribution in [2.45, 2.75) is 13.0 Å². The van der Waals surface area contributed by atoms with Crippen molar-refractivity contribution >= 4 is 40.5 Å². The van der Waals surface area contributed by atoms with Gasteiger partial charge in [0.2, 0.25) is 0 Å². The summed E-state index contributed by atoms with van der Waals surface area (Å²) in [6.45, 7) is 2.04. The van der Waals surface area contributed by atoms with Crippen LogP contribution >= 0.6 is 34.8 Å². The number of anilines is 1. The van der Waals surface area contributed by atoms with Crippen LogP contribution < -0.4 is 5.32 Å². The van der Waals surface area contributed by atoms with Crippen LogP contribution in [-0.2, 0) is 0 Å². The summed E-state index contributed by atoms with van der Waals surface area (Å²) in [5.41, 5.74) is 1.91. The molecule has 0 fully saturated rings. The van der Waals surface area contributed by atoms with Gasteiger partial charge in [0.05, 0.1) is 15.7 Å². The quantitative estimate of drug-likeness (QED) is 0.753. The van der Waals surface area contributed by atoms with E-state index in [1.54, 1.807) is 6.07 Å². The lowest BCUT2D eigenvalue weighted by molar-refractivity contribution is 0.885. The van der Waals surface area contributed by atoms with Crippen molar-refractivity contribution in [1.29, 1.82) is 0 Å². The predicted molar refractivity (Wildman–Crippen MR) is 80.0 cm³/mol. The molecule has 18 heavy (non-hydrogen) atoms. The summed E-state index contributed by atoms with van der Waals surface area (Å²) in [5, 5.41) is 5.12. The molecule has 4 heteroatoms. The summed E-state index contributed by atoms with van der Waals surface area (Å²) in [5.74, 6) is 0. The van der Waals surface area contributed by atoms with Gasteiger partial charge in [-0.15, -0.1) is 0 Å². The molecule has 0 spiro atoms. The Bertz CT molecular complexity index is 554. The lowest BCUT2D eigenvalue weighted by Crippen LogP contribution is -2.06. The Balaban J connectivity index is 2.21. The van der Waals surface area contributed by atoms with Gasteiger partial charge in [-0.3, -0.25) is 0 Å². The zero-order valence-electron chi connectivity index (χ0n) is 9.75. The molecule has 0 saturated carbocycles. The van der Waals surface area contributed by atoms with Crippen LogP contribution in [0.3, 0.4) is 0 Å². The fourth-order valence-corrected chi connectivity index (χ4v) is 2.26. The van der Waals surface area contributed by atoms with Crippen LogP contribution in [0.5, 0.6) is 0 Å². The van der Waals surface area contributed by atoms with E-state index in [0.29, 0.717) is 10.0 Å². The predicted octanol–water partition coefficient (Wildman–Crippen LogP) is 5.82. The first-order chi connectivity index (χ1) is 8.58. The molecule has 0 aliphatic rings. The van der Waals surface area contributed by atoms with Crippen molar-refractivity contribution in [1.82, 2.24) is 0 Å². The second kappa shape index (κ2) is 5.83. The van der Waals surface area contributed by atoms with Gasteiger partial charge in [0.15, 0.2) is 0 Å². The van der Waals surface area contributed by atoms with Crippen molar-refractivity contribution in [2.24, 2.45) is 0 Å². The number of rotatable bonds is 3. The highest BCUT2D eigenvalue weighted by Gasteiger charge is 2.09. The van der Waals surface area contributed by atoms with E-state index in [2.05, 4.69) is 5.32 Å². The van der Waals surface area contributed by atoms with Crippen molar-refractivity contribution in [2.75, 3.05) is 5.32 Å². The van der Waals surface area contributed by atoms with Crippen LogP contribution in [0.1, 0.15) is 18.5 Å². The number of halogens is 3. The molecule has 94 valence electrons. The van der Waals surface area contributed by atoms with Gasteiger partial charge in [-0.2, -0.15) is 0 Å². The molecule has 0 amide bonds. The van der Waals surface area contributed by atoms with Crippen LogP contribution in [0.25, 0.3) is 0 Å². The molecule has 0 aliphatic heterocycles. The Morgan fingerprint density at radius 1 is 1.00 bits per heavy atom. The normalized spacial score (nSPS) is 12.2. The lowest BCUT2D eigenvalue weighted by Gasteiger charge is -2.17. The van der Waals surface area contributed by atoms with E-state index in [4.69, 9.17) is 34.8 Å². The summed E-state index contributed by atoms with van der Waals surface area (Å²) >= 11 is 18.1. The van der Waals surface area contributed by atoms with Gasteiger partial charge in [0.25, 0.3) is 0 Å². The van der Waals surface area contributed by atoms with E-state index < -0.39 is 0 Å². The Hall–Kier alpha value is -0.890. The van der Waals surface area contributed by atoms with Gasteiger partial charge in [-0.25, -0.2) is 0 Å². The van der Waals surface area contributed by atoms with Crippen molar-refractivity contribution in [3.05, 3.63) is 63.1 Å². The van der Waals surface area contributed by atoms with E-state index >= 15 is 0 Å². The molecule has 1 unspecified atom stereocenters. The standard InChI is InChI=1S/C14H12Cl3N/c1-9(10-4-2-5-11(15)8-10)18-13-7-3-6-12(16)14(13)17/h2-9,18H,1H3. The van der Waals surface area contributed by atoms with Gasteiger partial charge in [-0.1, -0.05) is 53.0 Å². The first kappa shape index (κ1) is 13.5. The molecule has 0 heterocycles. The van der Waals surface area contributed by atoms with E-state index in [9.17, 15) is 0 Å². The number of hydrogen-bond acceptors (Lipinski definition) is 1. The zero-order chi connectivity index (χ0) is 13.1. The first-order valence-electron chi connectivity index (χ1n) is 5.54. The number of benzene rings is 2. The second-order valence-electron chi connectivity index (χ2n) is 4.02. The highest BCUT2D eigenvalue weighted by molar-refractivity contribution is 6.43. The van der Waals surface area contributed by atoms with Gasteiger partial charge in [-0.05, 0) is 36.8 Å². The summed E-state index contributed by atoms with van der Waals surface area (Å²) in [6, 6.07) is 13.3. The molecular formula is C14H12Cl3N. The third-order valence-electron chi connectivity index (χ3n) is 2.67. The third kappa shape index (κ3) is 3.11. The zero-order valence-corrected chi connectivity index (χ0v) is 12.0. The summed E-state index contributed by atoms with van der Waals surface area (Å²) in [6.07, 6.45) is 0. The third-order valence-corrected chi connectivity index (χ3v) is 3.73. The second-order valence-corrected chi connectivity index (χ2v) is 5.24. The minimum absolute atomic E-state index is 0.0969. The Labute approximate surface area is 122 Å². The number of nitrogens with one attached hydrogen (secondary N) is 1. The maximum atomic E-state index is 6.14. The summed E-state index contributed by atoms with van der Waals surface area (Å²) in [7, 11) is 0. The smallest absolute Gasteiger partial charge is 0.0823 e. The number of hydrogen-bond donors (Lipinski definition) is 1. The van der Waals surface area contributed by atoms with Crippen molar-refractivity contribution in [3.63, 3.8) is 0 Å². The Morgan fingerprint density at radius 2 is 1.72 bits per heavy atom. The molecule has 2 rings (SSSR count). The van der Waals surface area contributed by atoms with Crippen LogP contribution in [0.4, 0.5) is 5.69 Å². The minimum Gasteiger partial charge on any atom is -0.377 e. The monoisotopic (exact) mass is 299 g/mol. The van der Waals surface area contributed by atoms with Gasteiger partial charge in [0, 0.05) is 11.1 Å². The first-order valence-corrected chi connectivity index (χ1v) is 6.67. The summed E-state index contributed by atoms with van der Waals surface area (Å²) < 4.78 is 0. The van der Waals surface area contributed by atoms with Crippen LogP contribution in [0.15, 0.2) is 42.5 Å². The van der Waals surface area contributed by atoms with E-state index in [-0.39, 0.29) is 6.04 Å². The molecule has 1 nitrogen and oxygen atoms in total. The van der Waals surface area contributed by atoms with E-state index in [1.807, 2.05) is 43.3 Å². The molecule has 1 atom stereocenters. The molecule has 0 bridgehead atoms. The molecular weight excluding hydrogens is 289 g/mol. The Kier molecular flexibility index (Phi) is 4.39. The van der Waals surface area contributed by atoms with Gasteiger partial charge >= 0.3 is 0 Å². The van der Waals surface area contributed by atoms with Gasteiger partial charge in [0.1, 0.15) is 0 Å². The minimum atomic E-state index is 0.0969. The highest BCUT2D eigenvalue weighted by atomic mass is 35.5. The fraction of sp³-hybridized carbons (Fsp3) is 0.143. The SMILES string of the molecule is CC(Nc1cccc(Cl)c1Cl)c1cccc(Cl)c1. The Morgan fingerprint density at radius 3 is 2.44 bits per heavy atom. The molecule has 0 aromatic heterocycles. The largest absolute Gasteiger partial charge is 0.377 e. The van der Waals surface area contributed by atoms with Crippen molar-refractivity contribution in [3.8, 4) is 0 Å². The van der Waals surface area contributed by atoms with Crippen molar-refractivity contribution < 1.29 is 0 Å². The van der Waals surface area contributed by atoms with Gasteiger partial charge < -0.3 is 5.32 Å². The topological polar surface area (TPSA) is 12.0 Å². The molecule has 0 aliphatic carbocycles. The summed E-state index contributed by atoms with van der Waals surface area (Å²) in [4.78, 5) is 0. The maximum Gasteiger partial charge on any atom is 0.0823 e. The molecule has 2 aromatic rings. The average molecular weight is 301 g/mol.